The van der Waals surface area contributed by atoms with E-state index < -0.39 is 18.8 Å². The molecule has 0 aromatic heterocycles. The average molecular weight is 237 g/mol. The number of ether oxygens (including phenoxy) is 1. The van der Waals surface area contributed by atoms with Crippen LogP contribution in [0.1, 0.15) is 5.56 Å². The molecule has 16 heavy (non-hydrogen) atoms. The van der Waals surface area contributed by atoms with E-state index in [0.29, 0.717) is 5.69 Å². The molecular weight excluding hydrogens is 226 g/mol. The van der Waals surface area contributed by atoms with Crippen LogP contribution >= 0.6 is 0 Å². The second-order valence-electron chi connectivity index (χ2n) is 3.33. The van der Waals surface area contributed by atoms with E-state index in [2.05, 4.69) is 4.74 Å². The molecule has 6 heteroatoms. The lowest BCUT2D eigenvalue weighted by atomic mass is 10.1. The first-order valence-electron chi connectivity index (χ1n) is 4.46. The number of rotatable bonds is 3. The zero-order valence-corrected chi connectivity index (χ0v) is 8.81. The van der Waals surface area contributed by atoms with Crippen molar-refractivity contribution in [3.05, 3.63) is 23.8 Å². The molecule has 0 amide bonds. The van der Waals surface area contributed by atoms with Gasteiger partial charge in [0.25, 0.3) is 0 Å². The fraction of sp³-hybridized carbons (Fsp3) is 0.400. The number of alkyl halides is 4. The summed E-state index contributed by atoms with van der Waals surface area (Å²) in [7, 11) is 3.23. The van der Waals surface area contributed by atoms with Gasteiger partial charge in [-0.15, -0.1) is 13.2 Å². The van der Waals surface area contributed by atoms with E-state index in [0.717, 1.165) is 6.07 Å². The highest BCUT2D eigenvalue weighted by molar-refractivity contribution is 5.58. The van der Waals surface area contributed by atoms with Crippen LogP contribution in [0.25, 0.3) is 0 Å². The summed E-state index contributed by atoms with van der Waals surface area (Å²) in [6.07, 6.45) is -4.81. The van der Waals surface area contributed by atoms with Gasteiger partial charge < -0.3 is 9.64 Å². The topological polar surface area (TPSA) is 12.5 Å². The Balaban J connectivity index is 3.14. The van der Waals surface area contributed by atoms with Crippen molar-refractivity contribution in [1.29, 1.82) is 0 Å². The van der Waals surface area contributed by atoms with E-state index in [1.165, 1.54) is 17.0 Å². The molecule has 90 valence electrons. The van der Waals surface area contributed by atoms with Crippen LogP contribution in [0.5, 0.6) is 5.75 Å². The van der Waals surface area contributed by atoms with Crippen molar-refractivity contribution >= 4 is 5.69 Å². The van der Waals surface area contributed by atoms with Crippen LogP contribution < -0.4 is 9.64 Å². The molecule has 0 atom stereocenters. The van der Waals surface area contributed by atoms with Crippen LogP contribution in [0, 0.1) is 0 Å². The maximum Gasteiger partial charge on any atom is 0.573 e. The Bertz CT molecular complexity index is 362. The second-order valence-corrected chi connectivity index (χ2v) is 3.33. The fourth-order valence-corrected chi connectivity index (χ4v) is 1.33. The standard InChI is InChI=1S/C10H11F4NO/c1-15(2)8-4-3-5-9(7(8)6-11)16-10(12,13)14/h3-5H,6H2,1-2H3. The van der Waals surface area contributed by atoms with Crippen LogP contribution in [0.3, 0.4) is 0 Å². The molecule has 0 bridgehead atoms. The van der Waals surface area contributed by atoms with Gasteiger partial charge in [0.2, 0.25) is 0 Å². The molecular formula is C10H11F4NO. The summed E-state index contributed by atoms with van der Waals surface area (Å²) in [5.41, 5.74) is 0.258. The van der Waals surface area contributed by atoms with Crippen LogP contribution in [0.2, 0.25) is 0 Å². The van der Waals surface area contributed by atoms with Gasteiger partial charge in [-0.1, -0.05) is 6.07 Å². The maximum absolute atomic E-state index is 12.7. The zero-order chi connectivity index (χ0) is 12.3. The van der Waals surface area contributed by atoms with Gasteiger partial charge >= 0.3 is 6.36 Å². The Morgan fingerprint density at radius 3 is 2.31 bits per heavy atom. The maximum atomic E-state index is 12.7. The van der Waals surface area contributed by atoms with Gasteiger partial charge in [-0.2, -0.15) is 0 Å². The molecule has 0 saturated carbocycles. The quantitative estimate of drug-likeness (QED) is 0.749. The Labute approximate surface area is 90.4 Å². The minimum absolute atomic E-state index is 0.107. The predicted octanol–water partition coefficient (Wildman–Crippen LogP) is 3.12. The molecule has 2 nitrogen and oxygen atoms in total. The number of anilines is 1. The molecule has 1 aromatic rings. The second kappa shape index (κ2) is 4.59. The molecule has 0 aliphatic heterocycles. The lowest BCUT2D eigenvalue weighted by molar-refractivity contribution is -0.274. The molecule has 0 saturated heterocycles. The molecule has 0 radical (unpaired) electrons. The van der Waals surface area contributed by atoms with Crippen molar-refractivity contribution in [2.75, 3.05) is 19.0 Å². The lowest BCUT2D eigenvalue weighted by Gasteiger charge is -2.19. The molecule has 0 aliphatic rings. The molecule has 0 aliphatic carbocycles. The van der Waals surface area contributed by atoms with E-state index in [1.807, 2.05) is 0 Å². The van der Waals surface area contributed by atoms with E-state index in [4.69, 9.17) is 0 Å². The SMILES string of the molecule is CN(C)c1cccc(OC(F)(F)F)c1CF. The first kappa shape index (κ1) is 12.6. The predicted molar refractivity (Wildman–Crippen MR) is 52.3 cm³/mol. The number of nitrogens with zero attached hydrogens (tertiary/aromatic N) is 1. The zero-order valence-electron chi connectivity index (χ0n) is 8.81. The minimum atomic E-state index is -4.81. The summed E-state index contributed by atoms with van der Waals surface area (Å²) in [5.74, 6) is -0.499. The van der Waals surface area contributed by atoms with Crippen LogP contribution in [-0.2, 0) is 6.67 Å². The summed E-state index contributed by atoms with van der Waals surface area (Å²) in [6.45, 7) is -1.01. The van der Waals surface area contributed by atoms with Crippen molar-refractivity contribution in [3.8, 4) is 5.75 Å². The van der Waals surface area contributed by atoms with Gasteiger partial charge in [0.05, 0.1) is 0 Å². The molecule has 0 spiro atoms. The Morgan fingerprint density at radius 2 is 1.88 bits per heavy atom. The van der Waals surface area contributed by atoms with Crippen molar-refractivity contribution in [3.63, 3.8) is 0 Å². The molecule has 0 heterocycles. The molecule has 0 unspecified atom stereocenters. The highest BCUT2D eigenvalue weighted by atomic mass is 19.4. The number of hydrogen-bond donors (Lipinski definition) is 0. The summed E-state index contributed by atoms with van der Waals surface area (Å²) in [5, 5.41) is 0. The van der Waals surface area contributed by atoms with E-state index in [-0.39, 0.29) is 5.56 Å². The molecule has 0 fully saturated rings. The summed E-state index contributed by atoms with van der Waals surface area (Å²) < 4.78 is 52.6. The Morgan fingerprint density at radius 1 is 1.25 bits per heavy atom. The van der Waals surface area contributed by atoms with E-state index in [9.17, 15) is 17.6 Å². The summed E-state index contributed by atoms with van der Waals surface area (Å²) in [6, 6.07) is 4.00. The third-order valence-electron chi connectivity index (χ3n) is 1.95. The lowest BCUT2D eigenvalue weighted by Crippen LogP contribution is -2.19. The first-order chi connectivity index (χ1) is 7.35. The largest absolute Gasteiger partial charge is 0.573 e. The first-order valence-corrected chi connectivity index (χ1v) is 4.46. The highest BCUT2D eigenvalue weighted by Gasteiger charge is 2.32. The molecule has 1 aromatic carbocycles. The molecule has 0 N–H and O–H groups in total. The van der Waals surface area contributed by atoms with Gasteiger partial charge in [0, 0.05) is 25.3 Å². The van der Waals surface area contributed by atoms with Gasteiger partial charge in [-0.25, -0.2) is 4.39 Å². The van der Waals surface area contributed by atoms with E-state index in [1.54, 1.807) is 14.1 Å². The van der Waals surface area contributed by atoms with Gasteiger partial charge in [0.1, 0.15) is 12.4 Å². The van der Waals surface area contributed by atoms with Crippen LogP contribution in [0.4, 0.5) is 23.2 Å². The third kappa shape index (κ3) is 3.01. The third-order valence-corrected chi connectivity index (χ3v) is 1.95. The normalized spacial score (nSPS) is 11.4. The number of halogens is 4. The van der Waals surface area contributed by atoms with Crippen molar-refractivity contribution in [1.82, 2.24) is 0 Å². The minimum Gasteiger partial charge on any atom is -0.405 e. The fourth-order valence-electron chi connectivity index (χ4n) is 1.33. The smallest absolute Gasteiger partial charge is 0.405 e. The van der Waals surface area contributed by atoms with Crippen molar-refractivity contribution < 1.29 is 22.3 Å². The summed E-state index contributed by atoms with van der Waals surface area (Å²) >= 11 is 0. The Kier molecular flexibility index (Phi) is 3.62. The monoisotopic (exact) mass is 237 g/mol. The number of hydrogen-bond acceptors (Lipinski definition) is 2. The van der Waals surface area contributed by atoms with Gasteiger partial charge in [-0.3, -0.25) is 0 Å². The molecule has 1 rings (SSSR count). The average Bonchev–Trinajstić information content (AvgIpc) is 2.14. The van der Waals surface area contributed by atoms with Crippen molar-refractivity contribution in [2.45, 2.75) is 13.0 Å². The Hall–Kier alpha value is -1.46. The van der Waals surface area contributed by atoms with Crippen LogP contribution in [-0.4, -0.2) is 20.5 Å². The summed E-state index contributed by atoms with van der Waals surface area (Å²) in [4.78, 5) is 1.53. The van der Waals surface area contributed by atoms with Gasteiger partial charge in [0.15, 0.2) is 0 Å². The van der Waals surface area contributed by atoms with Crippen LogP contribution in [0.15, 0.2) is 18.2 Å². The number of benzene rings is 1. The van der Waals surface area contributed by atoms with Gasteiger partial charge in [-0.05, 0) is 12.1 Å². The van der Waals surface area contributed by atoms with E-state index >= 15 is 0 Å². The van der Waals surface area contributed by atoms with Crippen molar-refractivity contribution in [2.24, 2.45) is 0 Å². The highest BCUT2D eigenvalue weighted by Crippen LogP contribution is 2.32.